The summed E-state index contributed by atoms with van der Waals surface area (Å²) >= 11 is 0. The average Bonchev–Trinajstić information content (AvgIpc) is 3.01. The van der Waals surface area contributed by atoms with Crippen molar-refractivity contribution in [1.82, 2.24) is 0 Å². The second-order valence-electron chi connectivity index (χ2n) is 1.82. The first-order valence-electron chi connectivity index (χ1n) is 5.28. The normalized spacial score (nSPS) is 14.6. The van der Waals surface area contributed by atoms with Crippen LogP contribution < -0.4 is 0 Å². The second-order valence-corrected chi connectivity index (χ2v) is 1.82. The average molecular weight is 202 g/mol. The Labute approximate surface area is 87.0 Å². The first kappa shape index (κ1) is 15.4. The molecule has 2 aliphatic rings. The van der Waals surface area contributed by atoms with Gasteiger partial charge in [-0.1, -0.05) is 38.0 Å². The third kappa shape index (κ3) is 13.5. The predicted octanol–water partition coefficient (Wildman–Crippen LogP) is 2.84. The van der Waals surface area contributed by atoms with Crippen LogP contribution in [0.3, 0.4) is 0 Å². The third-order valence-electron chi connectivity index (χ3n) is 0.975. The molecule has 4 nitrogen and oxygen atoms in total. The van der Waals surface area contributed by atoms with Crippen molar-refractivity contribution >= 4 is 12.4 Å². The lowest BCUT2D eigenvalue weighted by Crippen LogP contribution is -1.72. The summed E-state index contributed by atoms with van der Waals surface area (Å²) in [7, 11) is 0. The molecule has 2 aliphatic heterocycles. The summed E-state index contributed by atoms with van der Waals surface area (Å²) in [6, 6.07) is 0. The van der Waals surface area contributed by atoms with Gasteiger partial charge >= 0.3 is 0 Å². The van der Waals surface area contributed by atoms with Gasteiger partial charge in [0.1, 0.15) is 13.2 Å². The Hall–Kier alpha value is -1.06. The van der Waals surface area contributed by atoms with Crippen molar-refractivity contribution in [2.75, 3.05) is 13.2 Å². The van der Waals surface area contributed by atoms with Gasteiger partial charge in [0, 0.05) is 25.3 Å². The van der Waals surface area contributed by atoms with Crippen LogP contribution >= 0.6 is 0 Å². The Morgan fingerprint density at radius 1 is 0.786 bits per heavy atom. The molecule has 84 valence electrons. The number of hydrogen-bond acceptors (Lipinski definition) is 4. The Morgan fingerprint density at radius 3 is 1.21 bits per heavy atom. The molecular weight excluding hydrogens is 180 g/mol. The summed E-state index contributed by atoms with van der Waals surface area (Å²) in [6.07, 6.45) is 5.50. The second kappa shape index (κ2) is 17.9. The van der Waals surface area contributed by atoms with Crippen LogP contribution in [-0.4, -0.2) is 25.6 Å². The van der Waals surface area contributed by atoms with E-state index in [0.717, 1.165) is 26.1 Å². The molecule has 0 radical (unpaired) electrons. The van der Waals surface area contributed by atoms with Crippen LogP contribution in [0.15, 0.2) is 10.3 Å². The predicted molar refractivity (Wildman–Crippen MR) is 60.8 cm³/mol. The van der Waals surface area contributed by atoms with Gasteiger partial charge in [0.2, 0.25) is 0 Å². The number of nitrogens with zero attached hydrogens (tertiary/aromatic N) is 2. The van der Waals surface area contributed by atoms with E-state index in [0.29, 0.717) is 0 Å². The van der Waals surface area contributed by atoms with E-state index in [4.69, 9.17) is 0 Å². The molecule has 0 unspecified atom stereocenters. The fourth-order valence-corrected chi connectivity index (χ4v) is 0.527. The molecule has 0 aliphatic carbocycles. The molecule has 0 N–H and O–H groups in total. The standard InChI is InChI=1S/2C3H5NO.2C2H6/c2*1-2-4-5-3-1;2*1-2/h2*2H,1,3H2;2*1-2H3. The van der Waals surface area contributed by atoms with E-state index < -0.39 is 0 Å². The van der Waals surface area contributed by atoms with Gasteiger partial charge in [-0.25, -0.2) is 0 Å². The monoisotopic (exact) mass is 202 g/mol. The summed E-state index contributed by atoms with van der Waals surface area (Å²) < 4.78 is 0. The molecule has 0 spiro atoms. The van der Waals surface area contributed by atoms with Crippen molar-refractivity contribution in [3.8, 4) is 0 Å². The van der Waals surface area contributed by atoms with E-state index in [1.807, 2.05) is 27.7 Å². The zero-order chi connectivity index (χ0) is 11.1. The summed E-state index contributed by atoms with van der Waals surface area (Å²) in [6.45, 7) is 9.56. The molecule has 0 fully saturated rings. The molecule has 14 heavy (non-hydrogen) atoms. The van der Waals surface area contributed by atoms with Crippen molar-refractivity contribution in [2.45, 2.75) is 40.5 Å². The summed E-state index contributed by atoms with van der Waals surface area (Å²) in [5.74, 6) is 0. The summed E-state index contributed by atoms with van der Waals surface area (Å²) in [4.78, 5) is 9.03. The van der Waals surface area contributed by atoms with Gasteiger partial charge in [-0.3, -0.25) is 0 Å². The number of rotatable bonds is 0. The largest absolute Gasteiger partial charge is 0.396 e. The molecule has 0 aromatic heterocycles. The zero-order valence-electron chi connectivity index (χ0n) is 9.69. The van der Waals surface area contributed by atoms with Crippen molar-refractivity contribution in [1.29, 1.82) is 0 Å². The van der Waals surface area contributed by atoms with Crippen molar-refractivity contribution < 1.29 is 9.68 Å². The van der Waals surface area contributed by atoms with Gasteiger partial charge in [-0.15, -0.1) is 0 Å². The molecule has 2 rings (SSSR count). The molecule has 0 saturated heterocycles. The van der Waals surface area contributed by atoms with Crippen LogP contribution in [0.5, 0.6) is 0 Å². The maximum absolute atomic E-state index is 4.51. The number of hydrogen-bond donors (Lipinski definition) is 0. The highest BCUT2D eigenvalue weighted by atomic mass is 16.6. The molecular formula is C10H22N2O2. The van der Waals surface area contributed by atoms with Gasteiger partial charge in [-0.05, 0) is 0 Å². The minimum absolute atomic E-state index is 0.778. The summed E-state index contributed by atoms with van der Waals surface area (Å²) in [5, 5.41) is 6.92. The molecule has 0 atom stereocenters. The topological polar surface area (TPSA) is 43.2 Å². The van der Waals surface area contributed by atoms with Crippen molar-refractivity contribution in [3.05, 3.63) is 0 Å². The van der Waals surface area contributed by atoms with E-state index in [-0.39, 0.29) is 0 Å². The molecule has 0 amide bonds. The molecule has 0 aromatic rings. The first-order chi connectivity index (χ1) is 7.00. The number of oxime groups is 2. The van der Waals surface area contributed by atoms with Crippen LogP contribution in [0.4, 0.5) is 0 Å². The highest BCUT2D eigenvalue weighted by Gasteiger charge is 1.86. The quantitative estimate of drug-likeness (QED) is 0.606. The van der Waals surface area contributed by atoms with Gasteiger partial charge < -0.3 is 9.68 Å². The minimum Gasteiger partial charge on any atom is -0.396 e. The van der Waals surface area contributed by atoms with Crippen molar-refractivity contribution in [2.24, 2.45) is 10.3 Å². The van der Waals surface area contributed by atoms with Crippen LogP contribution in [0.1, 0.15) is 40.5 Å². The fraction of sp³-hybridized carbons (Fsp3) is 0.800. The first-order valence-corrected chi connectivity index (χ1v) is 5.28. The molecule has 0 aromatic carbocycles. The van der Waals surface area contributed by atoms with Crippen LogP contribution in [0.25, 0.3) is 0 Å². The highest BCUT2D eigenvalue weighted by Crippen LogP contribution is 1.86. The lowest BCUT2D eigenvalue weighted by atomic mass is 10.5. The Morgan fingerprint density at radius 2 is 1.14 bits per heavy atom. The van der Waals surface area contributed by atoms with E-state index in [9.17, 15) is 0 Å². The molecule has 4 heteroatoms. The van der Waals surface area contributed by atoms with E-state index in [2.05, 4.69) is 20.0 Å². The van der Waals surface area contributed by atoms with Gasteiger partial charge in [0.25, 0.3) is 0 Å². The Bertz CT molecular complexity index is 108. The lowest BCUT2D eigenvalue weighted by Gasteiger charge is -1.76. The lowest BCUT2D eigenvalue weighted by molar-refractivity contribution is 0.174. The molecule has 2 heterocycles. The van der Waals surface area contributed by atoms with E-state index in [1.165, 1.54) is 0 Å². The maximum atomic E-state index is 4.51. The van der Waals surface area contributed by atoms with E-state index in [1.54, 1.807) is 12.4 Å². The smallest absolute Gasteiger partial charge is 0.122 e. The molecule has 0 saturated carbocycles. The minimum atomic E-state index is 0.778. The van der Waals surface area contributed by atoms with E-state index >= 15 is 0 Å². The fourth-order valence-electron chi connectivity index (χ4n) is 0.527. The summed E-state index contributed by atoms with van der Waals surface area (Å²) in [5.41, 5.74) is 0. The van der Waals surface area contributed by atoms with Gasteiger partial charge in [0.05, 0.1) is 0 Å². The Balaban J connectivity index is 0. The van der Waals surface area contributed by atoms with Gasteiger partial charge in [-0.2, -0.15) is 0 Å². The van der Waals surface area contributed by atoms with Crippen LogP contribution in [0.2, 0.25) is 0 Å². The molecule has 0 bridgehead atoms. The highest BCUT2D eigenvalue weighted by molar-refractivity contribution is 5.57. The third-order valence-corrected chi connectivity index (χ3v) is 0.975. The Kier molecular flexibility index (Phi) is 19.7. The van der Waals surface area contributed by atoms with Crippen LogP contribution in [-0.2, 0) is 9.68 Å². The van der Waals surface area contributed by atoms with Crippen molar-refractivity contribution in [3.63, 3.8) is 0 Å². The maximum Gasteiger partial charge on any atom is 0.122 e. The van der Waals surface area contributed by atoms with Gasteiger partial charge in [0.15, 0.2) is 0 Å². The zero-order valence-corrected chi connectivity index (χ0v) is 9.69. The van der Waals surface area contributed by atoms with Crippen LogP contribution in [0, 0.1) is 0 Å². The SMILES string of the molecule is C1=NOCC1.C1=NOCC1.CC.CC.